The van der Waals surface area contributed by atoms with Crippen molar-refractivity contribution in [1.82, 2.24) is 9.21 Å². The Labute approximate surface area is 152 Å². The monoisotopic (exact) mass is 382 g/mol. The Morgan fingerprint density at radius 3 is 2.32 bits per heavy atom. The number of halogens is 2. The summed E-state index contributed by atoms with van der Waals surface area (Å²) in [6.45, 7) is 1.03. The standard InChI is InChI=1S/C18H20ClFN2O2S/c1-21(2)15-9-10-22(12-15)25(23,24)16-6-3-13(4-7-16)14-5-8-18(20)17(19)11-14/h3-8,11,15H,9-10,12H2,1-2H3/t15-/m1/s1. The Morgan fingerprint density at radius 2 is 1.76 bits per heavy atom. The largest absolute Gasteiger partial charge is 0.305 e. The average Bonchev–Trinajstić information content (AvgIpc) is 3.09. The van der Waals surface area contributed by atoms with E-state index in [1.54, 1.807) is 30.3 Å². The maximum atomic E-state index is 13.3. The number of benzene rings is 2. The van der Waals surface area contributed by atoms with Crippen molar-refractivity contribution in [3.05, 3.63) is 53.3 Å². The molecular weight excluding hydrogens is 363 g/mol. The maximum absolute atomic E-state index is 13.3. The van der Waals surface area contributed by atoms with Crippen LogP contribution in [-0.4, -0.2) is 50.8 Å². The number of nitrogens with zero attached hydrogens (tertiary/aromatic N) is 2. The van der Waals surface area contributed by atoms with E-state index in [9.17, 15) is 12.8 Å². The number of sulfonamides is 1. The van der Waals surface area contributed by atoms with Gasteiger partial charge in [-0.2, -0.15) is 4.31 Å². The molecule has 1 aliphatic rings. The smallest absolute Gasteiger partial charge is 0.243 e. The molecule has 0 bridgehead atoms. The minimum Gasteiger partial charge on any atom is -0.305 e. The molecular formula is C18H20ClFN2O2S. The SMILES string of the molecule is CN(C)[C@@H]1CCN(S(=O)(=O)c2ccc(-c3ccc(F)c(Cl)c3)cc2)C1. The van der Waals surface area contributed by atoms with Crippen molar-refractivity contribution in [2.75, 3.05) is 27.2 Å². The molecule has 0 radical (unpaired) electrons. The molecule has 1 fully saturated rings. The lowest BCUT2D eigenvalue weighted by molar-refractivity contribution is 0.302. The van der Waals surface area contributed by atoms with E-state index in [1.807, 2.05) is 14.1 Å². The highest BCUT2D eigenvalue weighted by molar-refractivity contribution is 7.89. The molecule has 0 spiro atoms. The zero-order valence-electron chi connectivity index (χ0n) is 14.1. The third kappa shape index (κ3) is 3.72. The van der Waals surface area contributed by atoms with Gasteiger partial charge in [-0.25, -0.2) is 12.8 Å². The molecule has 0 unspecified atom stereocenters. The normalized spacial score (nSPS) is 18.8. The Balaban J connectivity index is 1.83. The zero-order valence-corrected chi connectivity index (χ0v) is 15.7. The Morgan fingerprint density at radius 1 is 1.12 bits per heavy atom. The summed E-state index contributed by atoms with van der Waals surface area (Å²) in [7, 11) is 0.425. The van der Waals surface area contributed by atoms with Gasteiger partial charge in [0.1, 0.15) is 5.82 Å². The fraction of sp³-hybridized carbons (Fsp3) is 0.333. The van der Waals surface area contributed by atoms with E-state index < -0.39 is 15.8 Å². The van der Waals surface area contributed by atoms with Crippen molar-refractivity contribution >= 4 is 21.6 Å². The summed E-state index contributed by atoms with van der Waals surface area (Å²) in [5, 5.41) is 0.0426. The van der Waals surface area contributed by atoms with Gasteiger partial charge in [0.15, 0.2) is 0 Å². The fourth-order valence-corrected chi connectivity index (χ4v) is 4.67. The highest BCUT2D eigenvalue weighted by atomic mass is 35.5. The fourth-order valence-electron chi connectivity index (χ4n) is 2.99. The van der Waals surface area contributed by atoms with Gasteiger partial charge in [0.05, 0.1) is 9.92 Å². The van der Waals surface area contributed by atoms with Crippen molar-refractivity contribution in [2.24, 2.45) is 0 Å². The summed E-state index contributed by atoms with van der Waals surface area (Å²) in [5.74, 6) is -0.478. The lowest BCUT2D eigenvalue weighted by Crippen LogP contribution is -2.34. The van der Waals surface area contributed by atoms with E-state index in [2.05, 4.69) is 4.90 Å². The molecule has 134 valence electrons. The summed E-state index contributed by atoms with van der Waals surface area (Å²) in [6, 6.07) is 11.3. The molecule has 0 amide bonds. The molecule has 3 rings (SSSR count). The Kier molecular flexibility index (Phi) is 5.16. The van der Waals surface area contributed by atoms with Gasteiger partial charge in [-0.15, -0.1) is 0 Å². The molecule has 0 N–H and O–H groups in total. The van der Waals surface area contributed by atoms with Crippen molar-refractivity contribution in [1.29, 1.82) is 0 Å². The van der Waals surface area contributed by atoms with Gasteiger partial charge in [-0.1, -0.05) is 29.8 Å². The molecule has 0 aromatic heterocycles. The van der Waals surface area contributed by atoms with Crippen LogP contribution >= 0.6 is 11.6 Å². The lowest BCUT2D eigenvalue weighted by atomic mass is 10.1. The molecule has 2 aromatic carbocycles. The Hall–Kier alpha value is -1.47. The van der Waals surface area contributed by atoms with Gasteiger partial charge >= 0.3 is 0 Å². The van der Waals surface area contributed by atoms with E-state index in [1.165, 1.54) is 16.4 Å². The average molecular weight is 383 g/mol. The predicted octanol–water partition coefficient (Wildman–Crippen LogP) is 3.47. The third-order valence-corrected chi connectivity index (χ3v) is 6.77. The number of rotatable bonds is 4. The molecule has 1 atom stereocenters. The van der Waals surface area contributed by atoms with Crippen molar-refractivity contribution in [3.8, 4) is 11.1 Å². The van der Waals surface area contributed by atoms with Gasteiger partial charge < -0.3 is 4.90 Å². The molecule has 1 saturated heterocycles. The summed E-state index contributed by atoms with van der Waals surface area (Å²) in [5.41, 5.74) is 1.53. The number of hydrogen-bond donors (Lipinski definition) is 0. The van der Waals surface area contributed by atoms with Crippen LogP contribution in [0.15, 0.2) is 47.4 Å². The first kappa shape index (κ1) is 18.3. The van der Waals surface area contributed by atoms with Crippen LogP contribution in [0.4, 0.5) is 4.39 Å². The topological polar surface area (TPSA) is 40.6 Å². The van der Waals surface area contributed by atoms with Crippen LogP contribution in [0, 0.1) is 5.82 Å². The second kappa shape index (κ2) is 7.03. The predicted molar refractivity (Wildman–Crippen MR) is 97.7 cm³/mol. The number of likely N-dealkylation sites (N-methyl/N-ethyl adjacent to an activating group) is 1. The molecule has 25 heavy (non-hydrogen) atoms. The zero-order chi connectivity index (χ0) is 18.2. The third-order valence-electron chi connectivity index (χ3n) is 4.60. The van der Waals surface area contributed by atoms with Gasteiger partial charge in [0.25, 0.3) is 0 Å². The number of hydrogen-bond acceptors (Lipinski definition) is 3. The quantitative estimate of drug-likeness (QED) is 0.813. The van der Waals surface area contributed by atoms with E-state index in [0.29, 0.717) is 13.1 Å². The molecule has 4 nitrogen and oxygen atoms in total. The highest BCUT2D eigenvalue weighted by Crippen LogP contribution is 2.28. The van der Waals surface area contributed by atoms with E-state index in [-0.39, 0.29) is 16.0 Å². The van der Waals surface area contributed by atoms with E-state index in [4.69, 9.17) is 11.6 Å². The van der Waals surface area contributed by atoms with Gasteiger partial charge in [-0.05, 0) is 55.9 Å². The second-order valence-electron chi connectivity index (χ2n) is 6.42. The molecule has 1 heterocycles. The van der Waals surface area contributed by atoms with Crippen LogP contribution in [0.3, 0.4) is 0 Å². The molecule has 2 aromatic rings. The molecule has 7 heteroatoms. The van der Waals surface area contributed by atoms with Crippen LogP contribution in [0.1, 0.15) is 6.42 Å². The van der Waals surface area contributed by atoms with Crippen molar-refractivity contribution in [3.63, 3.8) is 0 Å². The lowest BCUT2D eigenvalue weighted by Gasteiger charge is -2.20. The minimum atomic E-state index is -3.50. The first-order valence-corrected chi connectivity index (χ1v) is 9.83. The molecule has 0 aliphatic carbocycles. The van der Waals surface area contributed by atoms with Crippen LogP contribution in [0.25, 0.3) is 11.1 Å². The summed E-state index contributed by atoms with van der Waals surface area (Å²) >= 11 is 5.81. The molecule has 0 saturated carbocycles. The summed E-state index contributed by atoms with van der Waals surface area (Å²) < 4.78 is 40.4. The van der Waals surface area contributed by atoms with Gasteiger partial charge in [0, 0.05) is 19.1 Å². The summed E-state index contributed by atoms with van der Waals surface area (Å²) in [4.78, 5) is 2.32. The van der Waals surface area contributed by atoms with Crippen molar-refractivity contribution in [2.45, 2.75) is 17.4 Å². The van der Waals surface area contributed by atoms with Gasteiger partial charge in [-0.3, -0.25) is 0 Å². The van der Waals surface area contributed by atoms with E-state index >= 15 is 0 Å². The molecule has 1 aliphatic heterocycles. The minimum absolute atomic E-state index is 0.0426. The van der Waals surface area contributed by atoms with E-state index in [0.717, 1.165) is 17.5 Å². The van der Waals surface area contributed by atoms with Crippen LogP contribution in [0.5, 0.6) is 0 Å². The van der Waals surface area contributed by atoms with Gasteiger partial charge in [0.2, 0.25) is 10.0 Å². The first-order valence-electron chi connectivity index (χ1n) is 8.01. The second-order valence-corrected chi connectivity index (χ2v) is 8.77. The van der Waals surface area contributed by atoms with Crippen molar-refractivity contribution < 1.29 is 12.8 Å². The van der Waals surface area contributed by atoms with Crippen LogP contribution in [0.2, 0.25) is 5.02 Å². The van der Waals surface area contributed by atoms with Crippen LogP contribution in [-0.2, 0) is 10.0 Å². The summed E-state index contributed by atoms with van der Waals surface area (Å²) in [6.07, 6.45) is 0.832. The Bertz CT molecular complexity index is 869. The maximum Gasteiger partial charge on any atom is 0.243 e. The van der Waals surface area contributed by atoms with Crippen LogP contribution < -0.4 is 0 Å². The first-order chi connectivity index (χ1) is 11.8. The highest BCUT2D eigenvalue weighted by Gasteiger charge is 2.33.